The number of pyridine rings is 1. The largest absolute Gasteiger partial charge is 0.494 e. The van der Waals surface area contributed by atoms with Crippen molar-refractivity contribution in [2.45, 2.75) is 38.9 Å². The third kappa shape index (κ3) is 3.65. The summed E-state index contributed by atoms with van der Waals surface area (Å²) in [5, 5.41) is 3.48. The van der Waals surface area contributed by atoms with Gasteiger partial charge in [-0.3, -0.25) is 0 Å². The van der Waals surface area contributed by atoms with E-state index in [1.165, 1.54) is 16.5 Å². The van der Waals surface area contributed by atoms with E-state index >= 15 is 0 Å². The van der Waals surface area contributed by atoms with Crippen molar-refractivity contribution >= 4 is 34.3 Å². The lowest BCUT2D eigenvalue weighted by Crippen LogP contribution is -2.41. The molecule has 1 aromatic heterocycles. The van der Waals surface area contributed by atoms with Crippen molar-refractivity contribution in [1.82, 2.24) is 4.98 Å². The normalized spacial score (nSPS) is 16.7. The molecular formula is C31H28BNO2. The molecule has 172 valence electrons. The first-order valence-corrected chi connectivity index (χ1v) is 12.2. The van der Waals surface area contributed by atoms with E-state index in [0.29, 0.717) is 0 Å². The molecule has 2 heterocycles. The standard InChI is InChI=1S/C31H28BNO2/c1-30(2)31(3,4)35-32(34-30)23-18-19-25-27(20-23)33-29(22-14-9-6-10-15-22)26-17-11-16-24(28(25)26)21-12-7-5-8-13-21/h5-20H,1-4H3. The summed E-state index contributed by atoms with van der Waals surface area (Å²) in [6.45, 7) is 8.33. The molecule has 0 unspecified atom stereocenters. The van der Waals surface area contributed by atoms with E-state index in [4.69, 9.17) is 14.3 Å². The SMILES string of the molecule is CC1(C)OB(c2ccc3c(c2)nc(-c2ccccc2)c2cccc(-c4ccccc4)c23)OC1(C)C. The molecule has 0 aliphatic carbocycles. The zero-order valence-electron chi connectivity index (χ0n) is 20.6. The van der Waals surface area contributed by atoms with Crippen LogP contribution in [-0.4, -0.2) is 23.3 Å². The topological polar surface area (TPSA) is 31.4 Å². The molecule has 1 aliphatic heterocycles. The van der Waals surface area contributed by atoms with Gasteiger partial charge >= 0.3 is 7.12 Å². The Balaban J connectivity index is 1.63. The fourth-order valence-corrected chi connectivity index (χ4v) is 4.87. The van der Waals surface area contributed by atoms with Gasteiger partial charge in [-0.1, -0.05) is 91.0 Å². The summed E-state index contributed by atoms with van der Waals surface area (Å²) in [4.78, 5) is 5.20. The average molecular weight is 457 g/mol. The van der Waals surface area contributed by atoms with Crippen molar-refractivity contribution in [2.24, 2.45) is 0 Å². The highest BCUT2D eigenvalue weighted by atomic mass is 16.7. The van der Waals surface area contributed by atoms with E-state index in [1.807, 2.05) is 6.07 Å². The number of aromatic nitrogens is 1. The number of benzene rings is 4. The van der Waals surface area contributed by atoms with Crippen molar-refractivity contribution in [2.75, 3.05) is 0 Å². The number of rotatable bonds is 3. The molecule has 1 aliphatic rings. The second-order valence-corrected chi connectivity index (χ2v) is 10.3. The van der Waals surface area contributed by atoms with Crippen LogP contribution in [0.5, 0.6) is 0 Å². The van der Waals surface area contributed by atoms with E-state index in [-0.39, 0.29) is 11.2 Å². The van der Waals surface area contributed by atoms with Gasteiger partial charge in [0.25, 0.3) is 0 Å². The summed E-state index contributed by atoms with van der Waals surface area (Å²) in [6.07, 6.45) is 0. The molecular weight excluding hydrogens is 429 g/mol. The molecule has 35 heavy (non-hydrogen) atoms. The van der Waals surface area contributed by atoms with Crippen molar-refractivity contribution in [1.29, 1.82) is 0 Å². The molecule has 0 spiro atoms. The van der Waals surface area contributed by atoms with Gasteiger partial charge in [-0.05, 0) is 50.4 Å². The maximum atomic E-state index is 6.34. The van der Waals surface area contributed by atoms with E-state index in [9.17, 15) is 0 Å². The zero-order valence-corrected chi connectivity index (χ0v) is 20.6. The Kier molecular flexibility index (Phi) is 5.06. The van der Waals surface area contributed by atoms with Crippen LogP contribution in [0.3, 0.4) is 0 Å². The van der Waals surface area contributed by atoms with E-state index in [0.717, 1.165) is 33.0 Å². The van der Waals surface area contributed by atoms with Crippen LogP contribution in [0.15, 0.2) is 97.1 Å². The van der Waals surface area contributed by atoms with Crippen LogP contribution < -0.4 is 5.46 Å². The molecule has 5 aromatic rings. The number of fused-ring (bicyclic) bond motifs is 3. The number of hydrogen-bond acceptors (Lipinski definition) is 3. The minimum atomic E-state index is -0.425. The van der Waals surface area contributed by atoms with E-state index < -0.39 is 7.12 Å². The minimum absolute atomic E-state index is 0.390. The summed E-state index contributed by atoms with van der Waals surface area (Å²) in [7, 11) is -0.425. The molecule has 1 fully saturated rings. The molecule has 0 atom stereocenters. The monoisotopic (exact) mass is 457 g/mol. The molecule has 0 saturated carbocycles. The smallest absolute Gasteiger partial charge is 0.399 e. The summed E-state index contributed by atoms with van der Waals surface area (Å²) >= 11 is 0. The summed E-state index contributed by atoms with van der Waals surface area (Å²) in [5.41, 5.74) is 5.63. The van der Waals surface area contributed by atoms with Gasteiger partial charge in [-0.2, -0.15) is 0 Å². The fourth-order valence-electron chi connectivity index (χ4n) is 4.87. The summed E-state index contributed by atoms with van der Waals surface area (Å²) in [5.74, 6) is 0. The van der Waals surface area contributed by atoms with Gasteiger partial charge in [-0.25, -0.2) is 4.98 Å². The molecule has 4 aromatic carbocycles. The van der Waals surface area contributed by atoms with Gasteiger partial charge in [0, 0.05) is 21.7 Å². The second-order valence-electron chi connectivity index (χ2n) is 10.3. The third-order valence-corrected chi connectivity index (χ3v) is 7.50. The van der Waals surface area contributed by atoms with Crippen LogP contribution in [0.1, 0.15) is 27.7 Å². The summed E-state index contributed by atoms with van der Waals surface area (Å²) < 4.78 is 12.7. The van der Waals surface area contributed by atoms with Crippen molar-refractivity contribution in [3.8, 4) is 22.4 Å². The average Bonchev–Trinajstić information content (AvgIpc) is 3.10. The zero-order chi connectivity index (χ0) is 24.2. The maximum absolute atomic E-state index is 6.34. The van der Waals surface area contributed by atoms with Gasteiger partial charge in [0.15, 0.2) is 0 Å². The molecule has 0 radical (unpaired) electrons. The Morgan fingerprint density at radius 1 is 0.629 bits per heavy atom. The van der Waals surface area contributed by atoms with Crippen LogP contribution in [-0.2, 0) is 9.31 Å². The van der Waals surface area contributed by atoms with E-state index in [2.05, 4.69) is 119 Å². The highest BCUT2D eigenvalue weighted by molar-refractivity contribution is 6.62. The first kappa shape index (κ1) is 22.0. The van der Waals surface area contributed by atoms with Crippen LogP contribution in [0.4, 0.5) is 0 Å². The molecule has 4 heteroatoms. The van der Waals surface area contributed by atoms with Gasteiger partial charge in [-0.15, -0.1) is 0 Å². The van der Waals surface area contributed by atoms with Crippen LogP contribution in [0.25, 0.3) is 44.1 Å². The number of hydrogen-bond donors (Lipinski definition) is 0. The van der Waals surface area contributed by atoms with Crippen LogP contribution in [0, 0.1) is 0 Å². The van der Waals surface area contributed by atoms with Gasteiger partial charge in [0.1, 0.15) is 0 Å². The van der Waals surface area contributed by atoms with Crippen LogP contribution >= 0.6 is 0 Å². The Morgan fingerprint density at radius 3 is 1.91 bits per heavy atom. The predicted octanol–water partition coefficient (Wildman–Crippen LogP) is 7.02. The predicted molar refractivity (Wildman–Crippen MR) is 146 cm³/mol. The van der Waals surface area contributed by atoms with E-state index in [1.54, 1.807) is 0 Å². The Morgan fingerprint density at radius 2 is 1.26 bits per heavy atom. The minimum Gasteiger partial charge on any atom is -0.399 e. The molecule has 0 amide bonds. The second kappa shape index (κ2) is 8.05. The molecule has 1 saturated heterocycles. The quantitative estimate of drug-likeness (QED) is 0.216. The first-order valence-electron chi connectivity index (χ1n) is 12.2. The van der Waals surface area contributed by atoms with Crippen molar-refractivity contribution in [3.63, 3.8) is 0 Å². The maximum Gasteiger partial charge on any atom is 0.494 e. The van der Waals surface area contributed by atoms with Gasteiger partial charge in [0.05, 0.1) is 22.4 Å². The number of nitrogens with zero attached hydrogens (tertiary/aromatic N) is 1. The lowest BCUT2D eigenvalue weighted by atomic mass is 9.78. The highest BCUT2D eigenvalue weighted by Gasteiger charge is 2.51. The Labute approximate surface area is 206 Å². The molecule has 0 bridgehead atoms. The lowest BCUT2D eigenvalue weighted by molar-refractivity contribution is 0.00578. The summed E-state index contributed by atoms with van der Waals surface area (Å²) in [6, 6.07) is 33.9. The highest BCUT2D eigenvalue weighted by Crippen LogP contribution is 2.39. The van der Waals surface area contributed by atoms with Gasteiger partial charge in [0.2, 0.25) is 0 Å². The lowest BCUT2D eigenvalue weighted by Gasteiger charge is -2.32. The first-order chi connectivity index (χ1) is 16.8. The Bertz CT molecular complexity index is 1530. The van der Waals surface area contributed by atoms with Gasteiger partial charge < -0.3 is 9.31 Å². The van der Waals surface area contributed by atoms with Crippen molar-refractivity contribution < 1.29 is 9.31 Å². The van der Waals surface area contributed by atoms with Crippen LogP contribution in [0.2, 0.25) is 0 Å². The molecule has 3 nitrogen and oxygen atoms in total. The Hall–Kier alpha value is -3.47. The fraction of sp³-hybridized carbons (Fsp3) is 0.194. The molecule has 6 rings (SSSR count). The third-order valence-electron chi connectivity index (χ3n) is 7.50. The molecule has 0 N–H and O–H groups in total. The van der Waals surface area contributed by atoms with Crippen molar-refractivity contribution in [3.05, 3.63) is 97.1 Å².